The SMILES string of the molecule is O=c1[nH]c(NC2C[C@H](F)[C@@H](CO)O2)nc2n[nH]nc12. The molecule has 4 N–H and O–H groups in total. The van der Waals surface area contributed by atoms with Gasteiger partial charge in [-0.2, -0.15) is 10.2 Å². The van der Waals surface area contributed by atoms with Crippen LogP contribution < -0.4 is 10.9 Å². The molecule has 0 amide bonds. The van der Waals surface area contributed by atoms with Crippen LogP contribution in [0.1, 0.15) is 6.42 Å². The van der Waals surface area contributed by atoms with Crippen LogP contribution in [-0.4, -0.2) is 55.6 Å². The minimum atomic E-state index is -1.26. The first kappa shape index (κ1) is 12.0. The fourth-order valence-corrected chi connectivity index (χ4v) is 1.94. The number of aliphatic hydroxyl groups is 1. The molecular formula is C9H11FN6O3. The third-order valence-electron chi connectivity index (χ3n) is 2.85. The monoisotopic (exact) mass is 270 g/mol. The smallest absolute Gasteiger partial charge is 0.282 e. The lowest BCUT2D eigenvalue weighted by atomic mass is 10.2. The summed E-state index contributed by atoms with van der Waals surface area (Å²) in [6, 6.07) is 0. The van der Waals surface area contributed by atoms with Crippen LogP contribution in [0.4, 0.5) is 10.3 Å². The summed E-state index contributed by atoms with van der Waals surface area (Å²) in [4.78, 5) is 18.1. The highest BCUT2D eigenvalue weighted by molar-refractivity contribution is 5.68. The van der Waals surface area contributed by atoms with E-state index in [2.05, 4.69) is 30.7 Å². The Bertz CT molecular complexity index is 642. The van der Waals surface area contributed by atoms with Gasteiger partial charge in [0.25, 0.3) is 5.56 Å². The van der Waals surface area contributed by atoms with E-state index in [1.165, 1.54) is 0 Å². The van der Waals surface area contributed by atoms with Gasteiger partial charge in [-0.25, -0.2) is 4.39 Å². The van der Waals surface area contributed by atoms with E-state index in [9.17, 15) is 9.18 Å². The van der Waals surface area contributed by atoms with E-state index in [4.69, 9.17) is 9.84 Å². The van der Waals surface area contributed by atoms with Gasteiger partial charge in [-0.3, -0.25) is 9.78 Å². The number of nitrogens with one attached hydrogen (secondary N) is 3. The molecule has 0 spiro atoms. The molecule has 1 aliphatic rings. The van der Waals surface area contributed by atoms with Crippen molar-refractivity contribution in [3.63, 3.8) is 0 Å². The Labute approximate surface area is 105 Å². The first-order valence-electron chi connectivity index (χ1n) is 5.65. The van der Waals surface area contributed by atoms with Gasteiger partial charge in [-0.05, 0) is 0 Å². The van der Waals surface area contributed by atoms with Gasteiger partial charge in [0.1, 0.15) is 18.5 Å². The summed E-state index contributed by atoms with van der Waals surface area (Å²) >= 11 is 0. The van der Waals surface area contributed by atoms with Crippen LogP contribution in [0.3, 0.4) is 0 Å². The Kier molecular flexibility index (Phi) is 2.87. The fourth-order valence-electron chi connectivity index (χ4n) is 1.94. The standard InChI is InChI=1S/C9H11FN6O3/c10-3-1-5(19-4(3)2-17)11-9-12-7-6(8(18)13-9)14-16-15-7/h3-5,17H,1-2H2,(H3,11,12,13,14,15,16,18)/t3-,4+,5?/m0/s1. The number of nitrogens with zero attached hydrogens (tertiary/aromatic N) is 3. The van der Waals surface area contributed by atoms with E-state index < -0.39 is 30.7 Å². The van der Waals surface area contributed by atoms with Crippen molar-refractivity contribution < 1.29 is 14.2 Å². The highest BCUT2D eigenvalue weighted by Crippen LogP contribution is 2.23. The van der Waals surface area contributed by atoms with Crippen molar-refractivity contribution in [2.24, 2.45) is 0 Å². The lowest BCUT2D eigenvalue weighted by Gasteiger charge is -2.13. The average Bonchev–Trinajstić information content (AvgIpc) is 2.96. The van der Waals surface area contributed by atoms with Crippen molar-refractivity contribution in [2.75, 3.05) is 11.9 Å². The minimum Gasteiger partial charge on any atom is -0.394 e. The Balaban J connectivity index is 1.80. The number of aromatic amines is 2. The number of halogens is 1. The molecule has 1 saturated heterocycles. The van der Waals surface area contributed by atoms with Gasteiger partial charge < -0.3 is 15.2 Å². The number of fused-ring (bicyclic) bond motifs is 1. The van der Waals surface area contributed by atoms with Crippen LogP contribution in [0.2, 0.25) is 0 Å². The van der Waals surface area contributed by atoms with Crippen LogP contribution in [0.25, 0.3) is 11.2 Å². The molecule has 1 fully saturated rings. The number of hydrogen-bond acceptors (Lipinski definition) is 7. The summed E-state index contributed by atoms with van der Waals surface area (Å²) in [6.07, 6.45) is -2.73. The summed E-state index contributed by atoms with van der Waals surface area (Å²) in [6.45, 7) is -0.397. The van der Waals surface area contributed by atoms with Crippen molar-refractivity contribution in [2.45, 2.75) is 24.9 Å². The van der Waals surface area contributed by atoms with Crippen LogP contribution in [0.5, 0.6) is 0 Å². The van der Waals surface area contributed by atoms with E-state index in [0.29, 0.717) is 0 Å². The van der Waals surface area contributed by atoms with Crippen LogP contribution in [0, 0.1) is 0 Å². The minimum absolute atomic E-state index is 0.0613. The third-order valence-corrected chi connectivity index (χ3v) is 2.85. The number of H-pyrrole nitrogens is 2. The molecular weight excluding hydrogens is 259 g/mol. The largest absolute Gasteiger partial charge is 0.394 e. The summed E-state index contributed by atoms with van der Waals surface area (Å²) in [5.74, 6) is 0.113. The van der Waals surface area contributed by atoms with Crippen LogP contribution in [0.15, 0.2) is 4.79 Å². The van der Waals surface area contributed by atoms with Crippen molar-refractivity contribution in [3.8, 4) is 0 Å². The third kappa shape index (κ3) is 2.15. The highest BCUT2D eigenvalue weighted by atomic mass is 19.1. The van der Waals surface area contributed by atoms with E-state index in [1.54, 1.807) is 0 Å². The summed E-state index contributed by atoms with van der Waals surface area (Å²) in [5, 5.41) is 21.2. The van der Waals surface area contributed by atoms with Crippen molar-refractivity contribution in [1.29, 1.82) is 0 Å². The molecule has 10 heteroatoms. The molecule has 1 unspecified atom stereocenters. The number of rotatable bonds is 3. The van der Waals surface area contributed by atoms with Gasteiger partial charge in [-0.15, -0.1) is 10.2 Å². The molecule has 3 rings (SSSR count). The summed E-state index contributed by atoms with van der Waals surface area (Å²) in [5.41, 5.74) is -0.219. The Morgan fingerprint density at radius 3 is 3.11 bits per heavy atom. The molecule has 2 aromatic rings. The molecule has 2 aromatic heterocycles. The molecule has 0 aliphatic carbocycles. The van der Waals surface area contributed by atoms with Gasteiger partial charge in [0.05, 0.1) is 6.61 Å². The zero-order valence-electron chi connectivity index (χ0n) is 9.63. The first-order chi connectivity index (χ1) is 9.17. The molecule has 102 valence electrons. The predicted molar refractivity (Wildman–Crippen MR) is 61.2 cm³/mol. The zero-order valence-corrected chi connectivity index (χ0v) is 9.63. The van der Waals surface area contributed by atoms with Crippen molar-refractivity contribution in [1.82, 2.24) is 25.4 Å². The van der Waals surface area contributed by atoms with E-state index in [0.717, 1.165) is 0 Å². The topological polar surface area (TPSA) is 129 Å². The molecule has 0 bridgehead atoms. The second kappa shape index (κ2) is 4.55. The fraction of sp³-hybridized carbons (Fsp3) is 0.556. The second-order valence-electron chi connectivity index (χ2n) is 4.15. The Morgan fingerprint density at radius 1 is 1.53 bits per heavy atom. The van der Waals surface area contributed by atoms with E-state index >= 15 is 0 Å². The molecule has 0 radical (unpaired) electrons. The second-order valence-corrected chi connectivity index (χ2v) is 4.15. The van der Waals surface area contributed by atoms with Gasteiger partial charge in [0.15, 0.2) is 5.52 Å². The maximum atomic E-state index is 13.4. The maximum Gasteiger partial charge on any atom is 0.282 e. The molecule has 3 atom stereocenters. The Morgan fingerprint density at radius 2 is 2.37 bits per heavy atom. The van der Waals surface area contributed by atoms with Crippen LogP contribution >= 0.6 is 0 Å². The Hall–Kier alpha value is -2.07. The molecule has 3 heterocycles. The first-order valence-corrected chi connectivity index (χ1v) is 5.65. The maximum absolute atomic E-state index is 13.4. The molecule has 1 aliphatic heterocycles. The number of ether oxygens (including phenoxy) is 1. The molecule has 0 saturated carbocycles. The number of aliphatic hydroxyl groups excluding tert-OH is 1. The van der Waals surface area contributed by atoms with Gasteiger partial charge in [0.2, 0.25) is 11.6 Å². The van der Waals surface area contributed by atoms with Gasteiger partial charge in [0, 0.05) is 6.42 Å². The number of anilines is 1. The van der Waals surface area contributed by atoms with Crippen LogP contribution in [-0.2, 0) is 4.74 Å². The summed E-state index contributed by atoms with van der Waals surface area (Å²) in [7, 11) is 0. The van der Waals surface area contributed by atoms with E-state index in [1.807, 2.05) is 0 Å². The van der Waals surface area contributed by atoms with Gasteiger partial charge >= 0.3 is 0 Å². The number of alkyl halides is 1. The molecule has 0 aromatic carbocycles. The lowest BCUT2D eigenvalue weighted by molar-refractivity contribution is 0.00359. The quantitative estimate of drug-likeness (QED) is 0.557. The average molecular weight is 270 g/mol. The van der Waals surface area contributed by atoms with E-state index in [-0.39, 0.29) is 23.5 Å². The molecule has 9 nitrogen and oxygen atoms in total. The number of aromatic nitrogens is 5. The normalized spacial score (nSPS) is 26.9. The van der Waals surface area contributed by atoms with Crippen molar-refractivity contribution in [3.05, 3.63) is 10.4 Å². The highest BCUT2D eigenvalue weighted by Gasteiger charge is 2.35. The van der Waals surface area contributed by atoms with Crippen molar-refractivity contribution >= 4 is 17.1 Å². The zero-order chi connectivity index (χ0) is 13.4. The lowest BCUT2D eigenvalue weighted by Crippen LogP contribution is -2.25. The summed E-state index contributed by atoms with van der Waals surface area (Å²) < 4.78 is 18.6. The molecule has 19 heavy (non-hydrogen) atoms. The number of hydrogen-bond donors (Lipinski definition) is 4. The predicted octanol–water partition coefficient (Wildman–Crippen LogP) is -1.10. The van der Waals surface area contributed by atoms with Gasteiger partial charge in [-0.1, -0.05) is 0 Å².